The maximum absolute atomic E-state index is 9.80. The van der Waals surface area contributed by atoms with Gasteiger partial charge in [-0.1, -0.05) is 27.7 Å². The number of nitrogens with zero attached hydrogens (tertiary/aromatic N) is 1. The van der Waals surface area contributed by atoms with E-state index < -0.39 is 0 Å². The first kappa shape index (κ1) is 16.3. The largest absolute Gasteiger partial charge is 0.394 e. The average molecular weight is 282 g/mol. The minimum atomic E-state index is 0.000492. The van der Waals surface area contributed by atoms with Crippen LogP contribution in [0.25, 0.3) is 0 Å². The van der Waals surface area contributed by atoms with Gasteiger partial charge in [0.1, 0.15) is 0 Å². The van der Waals surface area contributed by atoms with Crippen molar-refractivity contribution in [2.45, 2.75) is 71.4 Å². The van der Waals surface area contributed by atoms with E-state index in [1.807, 2.05) is 0 Å². The van der Waals surface area contributed by atoms with Crippen molar-refractivity contribution in [2.75, 3.05) is 26.2 Å². The van der Waals surface area contributed by atoms with Crippen molar-refractivity contribution in [3.63, 3.8) is 0 Å². The van der Waals surface area contributed by atoms with E-state index in [4.69, 9.17) is 0 Å². The Kier molecular flexibility index (Phi) is 5.14. The van der Waals surface area contributed by atoms with Crippen LogP contribution in [0.5, 0.6) is 0 Å². The molecule has 2 rings (SSSR count). The molecule has 0 amide bonds. The van der Waals surface area contributed by atoms with E-state index in [0.717, 1.165) is 31.7 Å². The Bertz CT molecular complexity index is 313. The Morgan fingerprint density at radius 1 is 1.30 bits per heavy atom. The summed E-state index contributed by atoms with van der Waals surface area (Å²) >= 11 is 0. The monoisotopic (exact) mass is 282 g/mol. The lowest BCUT2D eigenvalue weighted by Gasteiger charge is -2.32. The Balaban J connectivity index is 1.90. The third kappa shape index (κ3) is 3.55. The second-order valence-electron chi connectivity index (χ2n) is 8.11. The SMILES string of the molecule is CCCNC1(CO)CCC(N2CCC(C(C)(C)C)C2)C1. The van der Waals surface area contributed by atoms with Gasteiger partial charge in [0.2, 0.25) is 0 Å². The molecule has 0 aromatic rings. The zero-order valence-electron chi connectivity index (χ0n) is 13.9. The number of aliphatic hydroxyl groups excluding tert-OH is 1. The van der Waals surface area contributed by atoms with E-state index >= 15 is 0 Å². The molecule has 1 heterocycles. The van der Waals surface area contributed by atoms with Gasteiger partial charge in [-0.05, 0) is 56.5 Å². The average Bonchev–Trinajstić information content (AvgIpc) is 3.03. The fraction of sp³-hybridized carbons (Fsp3) is 1.00. The topological polar surface area (TPSA) is 35.5 Å². The normalized spacial score (nSPS) is 35.9. The molecule has 1 aliphatic heterocycles. The van der Waals surface area contributed by atoms with E-state index in [0.29, 0.717) is 18.1 Å². The van der Waals surface area contributed by atoms with Crippen LogP contribution >= 0.6 is 0 Å². The molecule has 1 aliphatic carbocycles. The van der Waals surface area contributed by atoms with Gasteiger partial charge in [0.25, 0.3) is 0 Å². The second-order valence-corrected chi connectivity index (χ2v) is 8.11. The lowest BCUT2D eigenvalue weighted by Crippen LogP contribution is -2.48. The fourth-order valence-electron chi connectivity index (χ4n) is 3.99. The Hall–Kier alpha value is -0.120. The van der Waals surface area contributed by atoms with Crippen molar-refractivity contribution in [2.24, 2.45) is 11.3 Å². The molecule has 20 heavy (non-hydrogen) atoms. The molecule has 0 spiro atoms. The number of hydrogen-bond donors (Lipinski definition) is 2. The Morgan fingerprint density at radius 2 is 2.05 bits per heavy atom. The molecule has 0 aromatic heterocycles. The minimum absolute atomic E-state index is 0.000492. The van der Waals surface area contributed by atoms with Gasteiger partial charge in [0.15, 0.2) is 0 Å². The highest BCUT2D eigenvalue weighted by Gasteiger charge is 2.43. The van der Waals surface area contributed by atoms with Crippen molar-refractivity contribution in [3.05, 3.63) is 0 Å². The number of likely N-dealkylation sites (tertiary alicyclic amines) is 1. The van der Waals surface area contributed by atoms with Gasteiger partial charge in [0, 0.05) is 18.1 Å². The van der Waals surface area contributed by atoms with Crippen molar-refractivity contribution >= 4 is 0 Å². The highest BCUT2D eigenvalue weighted by Crippen LogP contribution is 2.39. The highest BCUT2D eigenvalue weighted by molar-refractivity contribution is 5.01. The van der Waals surface area contributed by atoms with E-state index in [-0.39, 0.29) is 5.54 Å². The van der Waals surface area contributed by atoms with Crippen LogP contribution < -0.4 is 5.32 Å². The van der Waals surface area contributed by atoms with E-state index in [2.05, 4.69) is 37.9 Å². The number of hydrogen-bond acceptors (Lipinski definition) is 3. The summed E-state index contributed by atoms with van der Waals surface area (Å²) in [6.07, 6.45) is 5.98. The van der Waals surface area contributed by atoms with E-state index in [1.54, 1.807) is 0 Å². The van der Waals surface area contributed by atoms with Crippen LogP contribution in [-0.4, -0.2) is 47.8 Å². The minimum Gasteiger partial charge on any atom is -0.394 e. The van der Waals surface area contributed by atoms with Crippen LogP contribution in [0.2, 0.25) is 0 Å². The van der Waals surface area contributed by atoms with Crippen molar-refractivity contribution in [1.82, 2.24) is 10.2 Å². The summed E-state index contributed by atoms with van der Waals surface area (Å²) in [5.74, 6) is 0.829. The Labute approximate surface area is 125 Å². The molecule has 2 N–H and O–H groups in total. The van der Waals surface area contributed by atoms with Crippen LogP contribution in [0.1, 0.15) is 59.8 Å². The number of aliphatic hydroxyl groups is 1. The molecular weight excluding hydrogens is 248 g/mol. The van der Waals surface area contributed by atoms with Gasteiger partial charge >= 0.3 is 0 Å². The second kappa shape index (κ2) is 6.33. The van der Waals surface area contributed by atoms with Crippen molar-refractivity contribution in [1.29, 1.82) is 0 Å². The zero-order valence-corrected chi connectivity index (χ0v) is 13.9. The first-order valence-corrected chi connectivity index (χ1v) is 8.50. The fourth-order valence-corrected chi connectivity index (χ4v) is 3.99. The van der Waals surface area contributed by atoms with Crippen molar-refractivity contribution in [3.8, 4) is 0 Å². The number of nitrogens with one attached hydrogen (secondary N) is 1. The molecule has 3 unspecified atom stereocenters. The predicted octanol–water partition coefficient (Wildman–Crippen LogP) is 2.64. The predicted molar refractivity (Wildman–Crippen MR) is 84.9 cm³/mol. The molecule has 1 saturated carbocycles. The van der Waals surface area contributed by atoms with Gasteiger partial charge in [-0.15, -0.1) is 0 Å². The summed E-state index contributed by atoms with van der Waals surface area (Å²) in [6, 6.07) is 0.679. The van der Waals surface area contributed by atoms with Gasteiger partial charge in [-0.3, -0.25) is 0 Å². The molecule has 3 heteroatoms. The van der Waals surface area contributed by atoms with Crippen LogP contribution in [-0.2, 0) is 0 Å². The van der Waals surface area contributed by atoms with Crippen molar-refractivity contribution < 1.29 is 5.11 Å². The molecule has 3 atom stereocenters. The van der Waals surface area contributed by atoms with E-state index in [1.165, 1.54) is 25.9 Å². The zero-order chi connectivity index (χ0) is 14.8. The standard InChI is InChI=1S/C17H34N2O/c1-5-9-18-17(13-20)8-6-15(11-17)19-10-7-14(12-19)16(2,3)4/h14-15,18,20H,5-13H2,1-4H3. The number of rotatable bonds is 5. The summed E-state index contributed by atoms with van der Waals surface area (Å²) in [5.41, 5.74) is 0.433. The molecule has 118 valence electrons. The molecule has 0 aromatic carbocycles. The summed E-state index contributed by atoms with van der Waals surface area (Å²) in [6.45, 7) is 13.1. The lowest BCUT2D eigenvalue weighted by atomic mass is 9.80. The molecule has 2 fully saturated rings. The van der Waals surface area contributed by atoms with Crippen LogP contribution in [0.15, 0.2) is 0 Å². The van der Waals surface area contributed by atoms with Gasteiger partial charge in [-0.2, -0.15) is 0 Å². The van der Waals surface area contributed by atoms with Crippen LogP contribution in [0, 0.1) is 11.3 Å². The molecule has 0 radical (unpaired) electrons. The van der Waals surface area contributed by atoms with Gasteiger partial charge < -0.3 is 15.3 Å². The molecular formula is C17H34N2O. The molecule has 0 bridgehead atoms. The summed E-state index contributed by atoms with van der Waals surface area (Å²) < 4.78 is 0. The smallest absolute Gasteiger partial charge is 0.0613 e. The molecule has 1 saturated heterocycles. The molecule has 3 nitrogen and oxygen atoms in total. The third-order valence-corrected chi connectivity index (χ3v) is 5.60. The highest BCUT2D eigenvalue weighted by atomic mass is 16.3. The maximum Gasteiger partial charge on any atom is 0.0613 e. The lowest BCUT2D eigenvalue weighted by molar-refractivity contribution is 0.145. The third-order valence-electron chi connectivity index (χ3n) is 5.60. The van der Waals surface area contributed by atoms with Crippen LogP contribution in [0.3, 0.4) is 0 Å². The van der Waals surface area contributed by atoms with Gasteiger partial charge in [0.05, 0.1) is 6.61 Å². The quantitative estimate of drug-likeness (QED) is 0.814. The summed E-state index contributed by atoms with van der Waals surface area (Å²) in [5, 5.41) is 13.4. The first-order valence-electron chi connectivity index (χ1n) is 8.50. The maximum atomic E-state index is 9.80. The summed E-state index contributed by atoms with van der Waals surface area (Å²) in [4.78, 5) is 2.70. The summed E-state index contributed by atoms with van der Waals surface area (Å²) in [7, 11) is 0. The van der Waals surface area contributed by atoms with E-state index in [9.17, 15) is 5.11 Å². The molecule has 2 aliphatic rings. The van der Waals surface area contributed by atoms with Crippen LogP contribution in [0.4, 0.5) is 0 Å². The first-order chi connectivity index (χ1) is 9.40. The van der Waals surface area contributed by atoms with Gasteiger partial charge in [-0.25, -0.2) is 0 Å². The Morgan fingerprint density at radius 3 is 2.60 bits per heavy atom.